The van der Waals surface area contributed by atoms with E-state index in [1.807, 2.05) is 50.2 Å². The Hall–Kier alpha value is -2.99. The van der Waals surface area contributed by atoms with Gasteiger partial charge in [0.25, 0.3) is 0 Å². The summed E-state index contributed by atoms with van der Waals surface area (Å²) in [7, 11) is 1.64. The molecule has 0 aliphatic carbocycles. The Morgan fingerprint density at radius 3 is 2.59 bits per heavy atom. The molecule has 154 valence electrons. The number of hydrogen-bond acceptors (Lipinski definition) is 6. The summed E-state index contributed by atoms with van der Waals surface area (Å²) in [5.74, 6) is 3.06. The number of nitrogens with zero attached hydrogens (tertiary/aromatic N) is 1. The second-order valence-corrected chi connectivity index (χ2v) is 6.92. The smallest absolute Gasteiger partial charge is 0.161 e. The van der Waals surface area contributed by atoms with Crippen LogP contribution in [0.25, 0.3) is 0 Å². The molecule has 2 aromatic carbocycles. The topological polar surface area (TPSA) is 65.8 Å². The number of methoxy groups -OCH3 is 1. The van der Waals surface area contributed by atoms with Gasteiger partial charge in [0.1, 0.15) is 24.7 Å². The summed E-state index contributed by atoms with van der Waals surface area (Å²) >= 11 is 0. The number of aromatic nitrogens is 1. The van der Waals surface area contributed by atoms with Gasteiger partial charge < -0.3 is 24.1 Å². The summed E-state index contributed by atoms with van der Waals surface area (Å²) in [5.41, 5.74) is 4.11. The Labute approximate surface area is 171 Å². The molecule has 0 amide bonds. The van der Waals surface area contributed by atoms with Crippen LogP contribution in [0.1, 0.15) is 28.1 Å². The van der Waals surface area contributed by atoms with E-state index < -0.39 is 0 Å². The normalized spacial score (nSPS) is 10.8. The van der Waals surface area contributed by atoms with E-state index in [2.05, 4.69) is 23.5 Å². The van der Waals surface area contributed by atoms with Crippen LogP contribution in [0, 0.1) is 20.8 Å². The first-order valence-electron chi connectivity index (χ1n) is 9.68. The second kappa shape index (κ2) is 9.98. The summed E-state index contributed by atoms with van der Waals surface area (Å²) in [5, 5.41) is 7.34. The van der Waals surface area contributed by atoms with Crippen molar-refractivity contribution < 1.29 is 18.7 Å². The van der Waals surface area contributed by atoms with Gasteiger partial charge >= 0.3 is 0 Å². The van der Waals surface area contributed by atoms with Gasteiger partial charge in [-0.05, 0) is 56.2 Å². The van der Waals surface area contributed by atoms with Crippen molar-refractivity contribution in [1.29, 1.82) is 0 Å². The van der Waals surface area contributed by atoms with Gasteiger partial charge in [0.15, 0.2) is 11.5 Å². The van der Waals surface area contributed by atoms with Gasteiger partial charge in [-0.2, -0.15) is 0 Å². The van der Waals surface area contributed by atoms with Crippen LogP contribution in [-0.4, -0.2) is 25.4 Å². The van der Waals surface area contributed by atoms with E-state index in [1.54, 1.807) is 7.11 Å². The summed E-state index contributed by atoms with van der Waals surface area (Å²) in [6.07, 6.45) is 0. The van der Waals surface area contributed by atoms with E-state index >= 15 is 0 Å². The van der Waals surface area contributed by atoms with E-state index in [1.165, 1.54) is 5.56 Å². The van der Waals surface area contributed by atoms with Crippen LogP contribution in [-0.2, 0) is 13.2 Å². The zero-order valence-corrected chi connectivity index (χ0v) is 17.5. The number of aryl methyl sites for hydroxylation is 3. The molecule has 0 fully saturated rings. The molecule has 6 heteroatoms. The summed E-state index contributed by atoms with van der Waals surface area (Å²) in [6, 6.07) is 14.0. The Kier molecular flexibility index (Phi) is 7.14. The first-order valence-corrected chi connectivity index (χ1v) is 9.68. The summed E-state index contributed by atoms with van der Waals surface area (Å²) in [6.45, 7) is 8.32. The first kappa shape index (κ1) is 20.7. The lowest BCUT2D eigenvalue weighted by molar-refractivity contribution is 0.281. The van der Waals surface area contributed by atoms with Crippen molar-refractivity contribution in [2.75, 3.05) is 20.3 Å². The van der Waals surface area contributed by atoms with Crippen molar-refractivity contribution in [3.05, 3.63) is 70.6 Å². The number of ether oxygens (including phenoxy) is 3. The molecule has 0 atom stereocenters. The van der Waals surface area contributed by atoms with E-state index in [-0.39, 0.29) is 0 Å². The van der Waals surface area contributed by atoms with Gasteiger partial charge in [0, 0.05) is 13.1 Å². The highest BCUT2D eigenvalue weighted by molar-refractivity contribution is 5.43. The average Bonchev–Trinajstić information content (AvgIpc) is 3.04. The molecule has 0 unspecified atom stereocenters. The molecule has 1 heterocycles. The van der Waals surface area contributed by atoms with E-state index in [9.17, 15) is 0 Å². The van der Waals surface area contributed by atoms with Gasteiger partial charge in [-0.15, -0.1) is 0 Å². The van der Waals surface area contributed by atoms with Gasteiger partial charge in [-0.1, -0.05) is 23.4 Å². The lowest BCUT2D eigenvalue weighted by atomic mass is 10.2. The third kappa shape index (κ3) is 5.74. The molecule has 0 radical (unpaired) electrons. The van der Waals surface area contributed by atoms with Crippen molar-refractivity contribution in [2.45, 2.75) is 33.9 Å². The molecule has 0 spiro atoms. The Morgan fingerprint density at radius 2 is 1.86 bits per heavy atom. The molecule has 3 aromatic rings. The van der Waals surface area contributed by atoms with Gasteiger partial charge in [-0.25, -0.2) is 0 Å². The predicted octanol–water partition coefficient (Wildman–Crippen LogP) is 4.36. The van der Waals surface area contributed by atoms with Crippen molar-refractivity contribution in [2.24, 2.45) is 0 Å². The standard InChI is InChI=1S/C23H28N2O4/c1-16-6-5-7-20(12-16)27-11-10-24-14-19-8-9-22(23(13-19)26-4)28-15-21-17(2)25-29-18(21)3/h5-9,12-13,24H,10-11,14-15H2,1-4H3. The van der Waals surface area contributed by atoms with Gasteiger partial charge in [0.2, 0.25) is 0 Å². The predicted molar refractivity (Wildman–Crippen MR) is 112 cm³/mol. The van der Waals surface area contributed by atoms with Crippen LogP contribution in [0.15, 0.2) is 47.0 Å². The van der Waals surface area contributed by atoms with Crippen LogP contribution >= 0.6 is 0 Å². The summed E-state index contributed by atoms with van der Waals surface area (Å²) < 4.78 is 22.4. The molecule has 0 saturated carbocycles. The zero-order valence-electron chi connectivity index (χ0n) is 17.5. The molecule has 3 rings (SSSR count). The van der Waals surface area contributed by atoms with Crippen LogP contribution < -0.4 is 19.5 Å². The molecule has 0 bridgehead atoms. The Bertz CT molecular complexity index is 917. The molecule has 6 nitrogen and oxygen atoms in total. The minimum atomic E-state index is 0.394. The highest BCUT2D eigenvalue weighted by Crippen LogP contribution is 2.29. The van der Waals surface area contributed by atoms with Gasteiger partial charge in [0.05, 0.1) is 18.4 Å². The summed E-state index contributed by atoms with van der Waals surface area (Å²) in [4.78, 5) is 0. The third-order valence-electron chi connectivity index (χ3n) is 4.65. The first-order chi connectivity index (χ1) is 14.1. The second-order valence-electron chi connectivity index (χ2n) is 6.92. The fourth-order valence-electron chi connectivity index (χ4n) is 2.98. The molecular formula is C23H28N2O4. The lowest BCUT2D eigenvalue weighted by Gasteiger charge is -2.13. The molecule has 1 N–H and O–H groups in total. The van der Waals surface area contributed by atoms with Crippen molar-refractivity contribution >= 4 is 0 Å². The minimum Gasteiger partial charge on any atom is -0.493 e. The van der Waals surface area contributed by atoms with Crippen LogP contribution in [0.5, 0.6) is 17.2 Å². The molecule has 0 aliphatic rings. The molecule has 29 heavy (non-hydrogen) atoms. The largest absolute Gasteiger partial charge is 0.493 e. The molecule has 0 saturated heterocycles. The van der Waals surface area contributed by atoms with E-state index in [0.717, 1.165) is 41.4 Å². The maximum absolute atomic E-state index is 5.93. The average molecular weight is 396 g/mol. The van der Waals surface area contributed by atoms with Crippen molar-refractivity contribution in [3.63, 3.8) is 0 Å². The molecular weight excluding hydrogens is 368 g/mol. The zero-order chi connectivity index (χ0) is 20.6. The number of benzene rings is 2. The SMILES string of the molecule is COc1cc(CNCCOc2cccc(C)c2)ccc1OCc1c(C)noc1C. The highest BCUT2D eigenvalue weighted by Gasteiger charge is 2.12. The number of hydrogen-bond donors (Lipinski definition) is 1. The lowest BCUT2D eigenvalue weighted by Crippen LogP contribution is -2.20. The molecule has 0 aliphatic heterocycles. The fourth-order valence-corrected chi connectivity index (χ4v) is 2.98. The van der Waals surface area contributed by atoms with Crippen LogP contribution in [0.3, 0.4) is 0 Å². The van der Waals surface area contributed by atoms with E-state index in [0.29, 0.717) is 24.7 Å². The van der Waals surface area contributed by atoms with Crippen LogP contribution in [0.4, 0.5) is 0 Å². The number of nitrogens with one attached hydrogen (secondary N) is 1. The minimum absolute atomic E-state index is 0.394. The highest BCUT2D eigenvalue weighted by atomic mass is 16.5. The van der Waals surface area contributed by atoms with Crippen molar-refractivity contribution in [1.82, 2.24) is 10.5 Å². The third-order valence-corrected chi connectivity index (χ3v) is 4.65. The van der Waals surface area contributed by atoms with Gasteiger partial charge in [-0.3, -0.25) is 0 Å². The van der Waals surface area contributed by atoms with Crippen molar-refractivity contribution in [3.8, 4) is 17.2 Å². The maximum atomic E-state index is 5.93. The quantitative estimate of drug-likeness (QED) is 0.514. The maximum Gasteiger partial charge on any atom is 0.161 e. The Morgan fingerprint density at radius 1 is 1.00 bits per heavy atom. The van der Waals surface area contributed by atoms with Crippen LogP contribution in [0.2, 0.25) is 0 Å². The molecule has 1 aromatic heterocycles. The fraction of sp³-hybridized carbons (Fsp3) is 0.348. The Balaban J connectivity index is 1.48. The monoisotopic (exact) mass is 396 g/mol. The number of rotatable bonds is 10. The van der Waals surface area contributed by atoms with E-state index in [4.69, 9.17) is 18.7 Å².